The third-order valence-corrected chi connectivity index (χ3v) is 6.90. The highest BCUT2D eigenvalue weighted by Crippen LogP contribution is 2.41. The minimum atomic E-state index is -4.05. The van der Waals surface area contributed by atoms with Gasteiger partial charge in [0.1, 0.15) is 10.7 Å². The first kappa shape index (κ1) is 17.8. The first-order chi connectivity index (χ1) is 11.3. The van der Waals surface area contributed by atoms with Crippen LogP contribution in [-0.2, 0) is 10.0 Å². The second-order valence-corrected chi connectivity index (χ2v) is 8.87. The molecular weight excluding hydrogens is 461 g/mol. The number of benzene rings is 2. The van der Waals surface area contributed by atoms with Crippen molar-refractivity contribution in [1.29, 1.82) is 0 Å². The molecule has 2 aromatic carbocycles. The Morgan fingerprint density at radius 1 is 0.917 bits per heavy atom. The van der Waals surface area contributed by atoms with Crippen LogP contribution in [0.2, 0.25) is 0 Å². The van der Waals surface area contributed by atoms with Gasteiger partial charge in [-0.05, 0) is 97.7 Å². The van der Waals surface area contributed by atoms with E-state index in [1.165, 1.54) is 12.1 Å². The van der Waals surface area contributed by atoms with E-state index in [4.69, 9.17) is 5.14 Å². The zero-order chi connectivity index (χ0) is 17.5. The van der Waals surface area contributed by atoms with Gasteiger partial charge in [-0.25, -0.2) is 17.9 Å². The van der Waals surface area contributed by atoms with E-state index in [2.05, 4.69) is 31.9 Å². The Labute approximate surface area is 157 Å². The highest BCUT2D eigenvalue weighted by molar-refractivity contribution is 9.13. The van der Waals surface area contributed by atoms with E-state index in [9.17, 15) is 12.8 Å². The third-order valence-electron chi connectivity index (χ3n) is 4.07. The average molecular weight is 475 g/mol. The Bertz CT molecular complexity index is 955. The molecule has 24 heavy (non-hydrogen) atoms. The summed E-state index contributed by atoms with van der Waals surface area (Å²) in [6.07, 6.45) is 2.72. The molecule has 7 heteroatoms. The van der Waals surface area contributed by atoms with Crippen LogP contribution in [0.1, 0.15) is 30.4 Å². The van der Waals surface area contributed by atoms with E-state index in [1.54, 1.807) is 6.07 Å². The molecule has 2 N–H and O–H groups in total. The van der Waals surface area contributed by atoms with Crippen molar-refractivity contribution >= 4 is 53.0 Å². The highest BCUT2D eigenvalue weighted by atomic mass is 79.9. The molecule has 0 saturated carbocycles. The molecule has 0 unspecified atom stereocenters. The number of halogens is 3. The second-order valence-electron chi connectivity index (χ2n) is 5.63. The maximum absolute atomic E-state index is 14.2. The molecule has 0 heterocycles. The number of nitrogens with two attached hydrogens (primary N) is 1. The maximum Gasteiger partial charge on any atom is 0.240 e. The molecule has 0 aliphatic heterocycles. The SMILES string of the molecule is NS(=O)(=O)c1ccc(C2=C(c3ccc(Br)c(Br)c3)CCC2)cc1F. The molecule has 3 rings (SSSR count). The molecule has 0 spiro atoms. The fourth-order valence-corrected chi connectivity index (χ4v) is 4.20. The van der Waals surface area contributed by atoms with Crippen LogP contribution in [0, 0.1) is 5.82 Å². The topological polar surface area (TPSA) is 60.2 Å². The quantitative estimate of drug-likeness (QED) is 0.673. The molecule has 0 amide bonds. The zero-order valence-corrected chi connectivity index (χ0v) is 16.5. The number of allylic oxidation sites excluding steroid dienone is 2. The molecule has 0 radical (unpaired) electrons. The summed E-state index contributed by atoms with van der Waals surface area (Å²) < 4.78 is 38.8. The van der Waals surface area contributed by atoms with Gasteiger partial charge in [-0.2, -0.15) is 0 Å². The molecule has 3 nitrogen and oxygen atoms in total. The molecule has 0 atom stereocenters. The van der Waals surface area contributed by atoms with Gasteiger partial charge in [-0.1, -0.05) is 12.1 Å². The van der Waals surface area contributed by atoms with E-state index in [-0.39, 0.29) is 0 Å². The Balaban J connectivity index is 2.09. The molecule has 0 saturated heterocycles. The summed E-state index contributed by atoms with van der Waals surface area (Å²) in [5.74, 6) is -0.814. The Kier molecular flexibility index (Phi) is 4.97. The van der Waals surface area contributed by atoms with Gasteiger partial charge in [0.25, 0.3) is 0 Å². The van der Waals surface area contributed by atoms with Crippen molar-refractivity contribution in [1.82, 2.24) is 0 Å². The minimum absolute atomic E-state index is 0.474. The summed E-state index contributed by atoms with van der Waals surface area (Å²) in [5, 5.41) is 5.02. The molecule has 1 aliphatic rings. The molecule has 2 aromatic rings. The molecule has 1 aliphatic carbocycles. The van der Waals surface area contributed by atoms with E-state index >= 15 is 0 Å². The van der Waals surface area contributed by atoms with Crippen LogP contribution < -0.4 is 5.14 Å². The summed E-state index contributed by atoms with van der Waals surface area (Å²) >= 11 is 6.96. The Hall–Kier alpha value is -1.02. The monoisotopic (exact) mass is 473 g/mol. The smallest absolute Gasteiger partial charge is 0.225 e. The van der Waals surface area contributed by atoms with Gasteiger partial charge in [0.2, 0.25) is 10.0 Å². The number of hydrogen-bond donors (Lipinski definition) is 1. The number of rotatable bonds is 3. The van der Waals surface area contributed by atoms with Gasteiger partial charge in [-0.15, -0.1) is 0 Å². The van der Waals surface area contributed by atoms with Crippen LogP contribution in [-0.4, -0.2) is 8.42 Å². The predicted molar refractivity (Wildman–Crippen MR) is 100 cm³/mol. The average Bonchev–Trinajstić information content (AvgIpc) is 2.98. The van der Waals surface area contributed by atoms with Crippen LogP contribution in [0.3, 0.4) is 0 Å². The number of hydrogen-bond acceptors (Lipinski definition) is 2. The van der Waals surface area contributed by atoms with E-state index < -0.39 is 20.7 Å². The first-order valence-electron chi connectivity index (χ1n) is 7.27. The molecule has 0 fully saturated rings. The lowest BCUT2D eigenvalue weighted by atomic mass is 9.97. The van der Waals surface area contributed by atoms with Crippen molar-refractivity contribution in [2.75, 3.05) is 0 Å². The van der Waals surface area contributed by atoms with Crippen molar-refractivity contribution in [3.63, 3.8) is 0 Å². The van der Waals surface area contributed by atoms with Crippen molar-refractivity contribution in [2.24, 2.45) is 5.14 Å². The van der Waals surface area contributed by atoms with Gasteiger partial charge in [-0.3, -0.25) is 0 Å². The lowest BCUT2D eigenvalue weighted by Gasteiger charge is -2.11. The summed E-state index contributed by atoms with van der Waals surface area (Å²) in [4.78, 5) is -0.474. The minimum Gasteiger partial charge on any atom is -0.225 e. The fourth-order valence-electron chi connectivity index (χ4n) is 2.98. The molecule has 0 bridgehead atoms. The third kappa shape index (κ3) is 3.49. The number of primary sulfonamides is 1. The zero-order valence-electron chi connectivity index (χ0n) is 12.5. The Morgan fingerprint density at radius 3 is 2.04 bits per heavy atom. The summed E-state index contributed by atoms with van der Waals surface area (Å²) in [5.41, 5.74) is 3.98. The van der Waals surface area contributed by atoms with E-state index in [0.29, 0.717) is 5.56 Å². The van der Waals surface area contributed by atoms with E-state index in [0.717, 1.165) is 44.9 Å². The van der Waals surface area contributed by atoms with Gasteiger partial charge in [0.15, 0.2) is 0 Å². The predicted octanol–water partition coefficient (Wildman–Crippen LogP) is 5.09. The van der Waals surface area contributed by atoms with Crippen LogP contribution in [0.4, 0.5) is 4.39 Å². The van der Waals surface area contributed by atoms with E-state index in [1.807, 2.05) is 18.2 Å². The fraction of sp³-hybridized carbons (Fsp3) is 0.176. The summed E-state index contributed by atoms with van der Waals surface area (Å²) in [6.45, 7) is 0. The summed E-state index contributed by atoms with van der Waals surface area (Å²) in [6, 6.07) is 10.1. The molecular formula is C17H14Br2FNO2S. The van der Waals surface area contributed by atoms with Gasteiger partial charge < -0.3 is 0 Å². The molecule has 0 aromatic heterocycles. The van der Waals surface area contributed by atoms with Crippen molar-refractivity contribution < 1.29 is 12.8 Å². The van der Waals surface area contributed by atoms with Crippen LogP contribution in [0.5, 0.6) is 0 Å². The van der Waals surface area contributed by atoms with Crippen molar-refractivity contribution in [3.8, 4) is 0 Å². The highest BCUT2D eigenvalue weighted by Gasteiger charge is 2.21. The van der Waals surface area contributed by atoms with Crippen LogP contribution in [0.15, 0.2) is 50.2 Å². The lowest BCUT2D eigenvalue weighted by molar-refractivity contribution is 0.568. The maximum atomic E-state index is 14.2. The van der Waals surface area contributed by atoms with Crippen LogP contribution >= 0.6 is 31.9 Å². The largest absolute Gasteiger partial charge is 0.240 e. The first-order valence-corrected chi connectivity index (χ1v) is 10.4. The van der Waals surface area contributed by atoms with Gasteiger partial charge >= 0.3 is 0 Å². The number of sulfonamides is 1. The van der Waals surface area contributed by atoms with Gasteiger partial charge in [0.05, 0.1) is 0 Å². The standard InChI is InChI=1S/C17H14Br2FNO2S/c18-14-6-4-10(8-15(14)19)12-2-1-3-13(12)11-5-7-17(16(20)9-11)24(21,22)23/h4-9H,1-3H2,(H2,21,22,23). The van der Waals surface area contributed by atoms with Crippen molar-refractivity contribution in [3.05, 3.63) is 62.3 Å². The van der Waals surface area contributed by atoms with Crippen molar-refractivity contribution in [2.45, 2.75) is 24.2 Å². The second kappa shape index (κ2) is 6.71. The lowest BCUT2D eigenvalue weighted by Crippen LogP contribution is -2.14. The Morgan fingerprint density at radius 2 is 1.50 bits per heavy atom. The van der Waals surface area contributed by atoms with Gasteiger partial charge in [0, 0.05) is 8.95 Å². The van der Waals surface area contributed by atoms with Crippen LogP contribution in [0.25, 0.3) is 11.1 Å². The molecule has 126 valence electrons. The summed E-state index contributed by atoms with van der Waals surface area (Å²) in [7, 11) is -4.05. The normalized spacial score (nSPS) is 15.2.